The van der Waals surface area contributed by atoms with Gasteiger partial charge in [-0.2, -0.15) is 0 Å². The number of benzene rings is 1. The predicted octanol–water partition coefficient (Wildman–Crippen LogP) is 3.93. The maximum Gasteiger partial charge on any atom is 0.319 e. The lowest BCUT2D eigenvalue weighted by molar-refractivity contribution is 0.251. The minimum absolute atomic E-state index is 0.282. The van der Waals surface area contributed by atoms with Crippen molar-refractivity contribution in [1.82, 2.24) is 5.32 Å². The first-order valence-corrected chi connectivity index (χ1v) is 5.91. The molecule has 2 amide bonds. The van der Waals surface area contributed by atoms with Crippen molar-refractivity contribution in [3.8, 4) is 0 Å². The van der Waals surface area contributed by atoms with Crippen LogP contribution in [0.3, 0.4) is 0 Å². The lowest BCUT2D eigenvalue weighted by atomic mass is 10.3. The van der Waals surface area contributed by atoms with Crippen LogP contribution in [-0.4, -0.2) is 12.1 Å². The molecule has 2 N–H and O–H groups in total. The van der Waals surface area contributed by atoms with Crippen LogP contribution in [0.1, 0.15) is 12.8 Å². The molecule has 0 bridgehead atoms. The zero-order valence-electron chi connectivity index (χ0n) is 8.19. The van der Waals surface area contributed by atoms with Gasteiger partial charge in [0.2, 0.25) is 0 Å². The van der Waals surface area contributed by atoms with Gasteiger partial charge in [0.25, 0.3) is 0 Å². The predicted molar refractivity (Wildman–Crippen MR) is 66.6 cm³/mol. The molecular formula is C10H9Cl3N2O. The van der Waals surface area contributed by atoms with E-state index >= 15 is 0 Å². The highest BCUT2D eigenvalue weighted by Crippen LogP contribution is 2.33. The maximum absolute atomic E-state index is 11.5. The molecule has 0 spiro atoms. The van der Waals surface area contributed by atoms with Crippen LogP contribution in [0.2, 0.25) is 15.1 Å². The average Bonchev–Trinajstić information content (AvgIpc) is 2.95. The molecule has 86 valence electrons. The van der Waals surface area contributed by atoms with Crippen LogP contribution < -0.4 is 10.6 Å². The van der Waals surface area contributed by atoms with Gasteiger partial charge in [0.1, 0.15) is 0 Å². The Kier molecular flexibility index (Phi) is 3.47. The van der Waals surface area contributed by atoms with E-state index in [9.17, 15) is 4.79 Å². The average molecular weight is 280 g/mol. The second-order valence-electron chi connectivity index (χ2n) is 3.62. The molecule has 1 aliphatic rings. The van der Waals surface area contributed by atoms with E-state index in [2.05, 4.69) is 10.6 Å². The molecule has 0 aromatic heterocycles. The third kappa shape index (κ3) is 2.94. The van der Waals surface area contributed by atoms with Gasteiger partial charge in [-0.1, -0.05) is 34.8 Å². The zero-order valence-corrected chi connectivity index (χ0v) is 10.5. The highest BCUT2D eigenvalue weighted by molar-refractivity contribution is 6.42. The van der Waals surface area contributed by atoms with Gasteiger partial charge in [0, 0.05) is 11.1 Å². The molecule has 1 fully saturated rings. The molecule has 16 heavy (non-hydrogen) atoms. The smallest absolute Gasteiger partial charge is 0.319 e. The molecule has 2 rings (SSSR count). The molecule has 0 unspecified atom stereocenters. The van der Waals surface area contributed by atoms with E-state index in [1.54, 1.807) is 0 Å². The minimum atomic E-state index is -0.298. The van der Waals surface area contributed by atoms with Gasteiger partial charge in [0.05, 0.1) is 15.7 Å². The summed E-state index contributed by atoms with van der Waals surface area (Å²) >= 11 is 17.6. The quantitative estimate of drug-likeness (QED) is 0.846. The third-order valence-electron chi connectivity index (χ3n) is 2.16. The maximum atomic E-state index is 11.5. The fraction of sp³-hybridized carbons (Fsp3) is 0.300. The Hall–Kier alpha value is -0.640. The lowest BCUT2D eigenvalue weighted by Crippen LogP contribution is -2.30. The first-order chi connectivity index (χ1) is 7.56. The van der Waals surface area contributed by atoms with Gasteiger partial charge >= 0.3 is 6.03 Å². The van der Waals surface area contributed by atoms with Crippen LogP contribution in [-0.2, 0) is 0 Å². The summed E-state index contributed by atoms with van der Waals surface area (Å²) in [6, 6.07) is 3.04. The Balaban J connectivity index is 2.10. The second kappa shape index (κ2) is 4.70. The molecule has 0 radical (unpaired) electrons. The molecule has 3 nitrogen and oxygen atoms in total. The van der Waals surface area contributed by atoms with Crippen molar-refractivity contribution >= 4 is 46.5 Å². The second-order valence-corrected chi connectivity index (χ2v) is 4.87. The van der Waals surface area contributed by atoms with Crippen molar-refractivity contribution in [3.63, 3.8) is 0 Å². The molecule has 6 heteroatoms. The van der Waals surface area contributed by atoms with Crippen molar-refractivity contribution in [2.45, 2.75) is 18.9 Å². The van der Waals surface area contributed by atoms with Crippen molar-refractivity contribution in [3.05, 3.63) is 27.2 Å². The Morgan fingerprint density at radius 3 is 2.25 bits per heavy atom. The first-order valence-electron chi connectivity index (χ1n) is 4.78. The van der Waals surface area contributed by atoms with E-state index in [4.69, 9.17) is 34.8 Å². The highest BCUT2D eigenvalue weighted by Gasteiger charge is 2.23. The van der Waals surface area contributed by atoms with Gasteiger partial charge in [-0.3, -0.25) is 0 Å². The zero-order chi connectivity index (χ0) is 11.7. The summed E-state index contributed by atoms with van der Waals surface area (Å²) in [6.45, 7) is 0. The summed E-state index contributed by atoms with van der Waals surface area (Å²) in [6.07, 6.45) is 2.05. The Morgan fingerprint density at radius 2 is 1.75 bits per heavy atom. The largest absolute Gasteiger partial charge is 0.335 e. The summed E-state index contributed by atoms with van der Waals surface area (Å²) in [4.78, 5) is 11.5. The SMILES string of the molecule is O=C(Nc1c(Cl)cc(Cl)cc1Cl)NC1CC1. The molecule has 0 heterocycles. The summed E-state index contributed by atoms with van der Waals surface area (Å²) in [5, 5.41) is 6.45. The third-order valence-corrected chi connectivity index (χ3v) is 2.97. The lowest BCUT2D eigenvalue weighted by Gasteiger charge is -2.10. The molecule has 0 saturated heterocycles. The van der Waals surface area contributed by atoms with Gasteiger partial charge in [-0.05, 0) is 25.0 Å². The van der Waals surface area contributed by atoms with E-state index < -0.39 is 0 Å². The van der Waals surface area contributed by atoms with Crippen molar-refractivity contribution in [2.75, 3.05) is 5.32 Å². The van der Waals surface area contributed by atoms with Crippen LogP contribution in [0.25, 0.3) is 0 Å². The number of carbonyl (C=O) groups is 1. The normalized spacial score (nSPS) is 14.7. The monoisotopic (exact) mass is 278 g/mol. The number of urea groups is 1. The van der Waals surface area contributed by atoms with Crippen LogP contribution in [0.4, 0.5) is 10.5 Å². The molecule has 1 aromatic rings. The molecular weight excluding hydrogens is 270 g/mol. The summed E-state index contributed by atoms with van der Waals surface area (Å²) in [5.74, 6) is 0. The Labute approximate surface area is 108 Å². The first kappa shape index (κ1) is 11.8. The topological polar surface area (TPSA) is 41.1 Å². The number of nitrogens with one attached hydrogen (secondary N) is 2. The van der Waals surface area contributed by atoms with E-state index in [0.29, 0.717) is 20.8 Å². The summed E-state index contributed by atoms with van der Waals surface area (Å²) < 4.78 is 0. The summed E-state index contributed by atoms with van der Waals surface area (Å²) in [7, 11) is 0. The van der Waals surface area contributed by atoms with Gasteiger partial charge in [-0.25, -0.2) is 4.79 Å². The Morgan fingerprint density at radius 1 is 1.19 bits per heavy atom. The number of hydrogen-bond acceptors (Lipinski definition) is 1. The van der Waals surface area contributed by atoms with Crippen LogP contribution >= 0.6 is 34.8 Å². The number of amides is 2. The molecule has 0 aliphatic heterocycles. The number of halogens is 3. The number of hydrogen-bond donors (Lipinski definition) is 2. The van der Waals surface area contributed by atoms with Crippen LogP contribution in [0, 0.1) is 0 Å². The van der Waals surface area contributed by atoms with Crippen LogP contribution in [0.15, 0.2) is 12.1 Å². The van der Waals surface area contributed by atoms with Crippen molar-refractivity contribution in [1.29, 1.82) is 0 Å². The highest BCUT2D eigenvalue weighted by atomic mass is 35.5. The molecule has 1 aromatic carbocycles. The van der Waals surface area contributed by atoms with E-state index in [-0.39, 0.29) is 12.1 Å². The van der Waals surface area contributed by atoms with Gasteiger partial charge < -0.3 is 10.6 Å². The minimum Gasteiger partial charge on any atom is -0.335 e. The van der Waals surface area contributed by atoms with Gasteiger partial charge in [-0.15, -0.1) is 0 Å². The standard InChI is InChI=1S/C10H9Cl3N2O/c11-5-3-7(12)9(8(13)4-5)15-10(16)14-6-1-2-6/h3-4,6H,1-2H2,(H2,14,15,16). The fourth-order valence-electron chi connectivity index (χ4n) is 1.22. The molecule has 1 saturated carbocycles. The van der Waals surface area contributed by atoms with E-state index in [0.717, 1.165) is 12.8 Å². The fourth-order valence-corrected chi connectivity index (χ4v) is 2.14. The number of rotatable bonds is 2. The van der Waals surface area contributed by atoms with Gasteiger partial charge in [0.15, 0.2) is 0 Å². The van der Waals surface area contributed by atoms with Crippen LogP contribution in [0.5, 0.6) is 0 Å². The summed E-state index contributed by atoms with van der Waals surface area (Å²) in [5.41, 5.74) is 0.380. The van der Waals surface area contributed by atoms with Crippen molar-refractivity contribution in [2.24, 2.45) is 0 Å². The number of anilines is 1. The van der Waals surface area contributed by atoms with Crippen molar-refractivity contribution < 1.29 is 4.79 Å². The van der Waals surface area contributed by atoms with E-state index in [1.165, 1.54) is 12.1 Å². The Bertz CT molecular complexity index is 409. The number of carbonyl (C=O) groups excluding carboxylic acids is 1. The molecule has 0 atom stereocenters. The van der Waals surface area contributed by atoms with E-state index in [1.807, 2.05) is 0 Å². The molecule has 1 aliphatic carbocycles.